The maximum Gasteiger partial charge on any atom is 0.295 e. The quantitative estimate of drug-likeness (QED) is 0.834. The molecule has 1 fully saturated rings. The fraction of sp³-hybridized carbons (Fsp3) is 0.727. The van der Waals surface area contributed by atoms with E-state index in [-0.39, 0.29) is 17.8 Å². The minimum atomic E-state index is -0.141. The second kappa shape index (κ2) is 5.27. The molecule has 0 saturated carbocycles. The number of nitrogens with zero attached hydrogens (tertiary/aromatic N) is 3. The highest BCUT2D eigenvalue weighted by Crippen LogP contribution is 2.12. The number of hydrogen-bond donors (Lipinski definition) is 1. The molecular weight excluding hydrogens is 220 g/mol. The Bertz CT molecular complexity index is 385. The Balaban J connectivity index is 2.09. The highest BCUT2D eigenvalue weighted by Gasteiger charge is 2.27. The Hall–Kier alpha value is -1.43. The molecular formula is C11H18N4O2. The zero-order valence-electron chi connectivity index (χ0n) is 10.3. The summed E-state index contributed by atoms with van der Waals surface area (Å²) in [5.41, 5.74) is 0. The number of aromatic nitrogens is 2. The van der Waals surface area contributed by atoms with Crippen molar-refractivity contribution in [1.82, 2.24) is 20.4 Å². The van der Waals surface area contributed by atoms with Gasteiger partial charge in [-0.25, -0.2) is 0 Å². The summed E-state index contributed by atoms with van der Waals surface area (Å²) in [7, 11) is 0. The van der Waals surface area contributed by atoms with Gasteiger partial charge in [0.1, 0.15) is 0 Å². The van der Waals surface area contributed by atoms with Crippen molar-refractivity contribution in [3.8, 4) is 0 Å². The van der Waals surface area contributed by atoms with E-state index in [1.807, 2.05) is 11.8 Å². The molecule has 6 nitrogen and oxygen atoms in total. The molecule has 1 aliphatic rings. The van der Waals surface area contributed by atoms with Crippen LogP contribution in [-0.4, -0.2) is 46.6 Å². The van der Waals surface area contributed by atoms with Crippen molar-refractivity contribution in [3.63, 3.8) is 0 Å². The molecule has 0 bridgehead atoms. The number of likely N-dealkylation sites (N-methyl/N-ethyl adjacent to an activating group) is 1. The molecule has 1 unspecified atom stereocenters. The minimum absolute atomic E-state index is 0.141. The molecule has 94 valence electrons. The molecule has 17 heavy (non-hydrogen) atoms. The average molecular weight is 238 g/mol. The third kappa shape index (κ3) is 2.63. The van der Waals surface area contributed by atoms with E-state index in [1.165, 1.54) is 0 Å². The fourth-order valence-corrected chi connectivity index (χ4v) is 2.18. The molecule has 1 amide bonds. The van der Waals surface area contributed by atoms with E-state index in [1.54, 1.807) is 6.92 Å². The summed E-state index contributed by atoms with van der Waals surface area (Å²) in [5, 5.41) is 6.98. The van der Waals surface area contributed by atoms with Gasteiger partial charge in [0.25, 0.3) is 11.7 Å². The molecule has 6 heteroatoms. The summed E-state index contributed by atoms with van der Waals surface area (Å²) in [6.07, 6.45) is 2.13. The number of aryl methyl sites for hydroxylation is 1. The lowest BCUT2D eigenvalue weighted by molar-refractivity contribution is 0.0646. The van der Waals surface area contributed by atoms with E-state index < -0.39 is 0 Å². The lowest BCUT2D eigenvalue weighted by Gasteiger charge is -2.33. The van der Waals surface area contributed by atoms with Crippen LogP contribution in [0.2, 0.25) is 0 Å². The first-order chi connectivity index (χ1) is 8.22. The molecule has 2 heterocycles. The van der Waals surface area contributed by atoms with E-state index in [0.29, 0.717) is 12.4 Å². The first-order valence-corrected chi connectivity index (χ1v) is 6.04. The van der Waals surface area contributed by atoms with E-state index in [4.69, 9.17) is 4.52 Å². The number of carbonyl (C=O) groups excluding carboxylic acids is 1. The number of nitrogens with one attached hydrogen (secondary N) is 1. The highest BCUT2D eigenvalue weighted by molar-refractivity contribution is 5.90. The van der Waals surface area contributed by atoms with Crippen LogP contribution in [-0.2, 0) is 0 Å². The van der Waals surface area contributed by atoms with Crippen LogP contribution in [0, 0.1) is 6.92 Å². The van der Waals surface area contributed by atoms with Crippen LogP contribution in [0.4, 0.5) is 0 Å². The molecule has 0 radical (unpaired) electrons. The van der Waals surface area contributed by atoms with Gasteiger partial charge in [0.2, 0.25) is 5.89 Å². The van der Waals surface area contributed by atoms with E-state index in [0.717, 1.165) is 25.9 Å². The number of hydrogen-bond acceptors (Lipinski definition) is 5. The average Bonchev–Trinajstić information content (AvgIpc) is 2.78. The SMILES string of the molecule is CCN(C(=O)c1noc(C)n1)C1CCCNC1. The number of piperidine rings is 1. The molecule has 0 aromatic carbocycles. The Morgan fingerprint density at radius 1 is 1.65 bits per heavy atom. The Morgan fingerprint density at radius 2 is 2.47 bits per heavy atom. The van der Waals surface area contributed by atoms with Gasteiger partial charge >= 0.3 is 0 Å². The molecule has 2 rings (SSSR count). The van der Waals surface area contributed by atoms with Crippen LogP contribution in [0.1, 0.15) is 36.3 Å². The smallest absolute Gasteiger partial charge is 0.295 e. The number of amides is 1. The van der Waals surface area contributed by atoms with Gasteiger partial charge < -0.3 is 14.7 Å². The van der Waals surface area contributed by atoms with Gasteiger partial charge in [-0.2, -0.15) is 4.98 Å². The lowest BCUT2D eigenvalue weighted by Crippen LogP contribution is -2.48. The Morgan fingerprint density at radius 3 is 3.00 bits per heavy atom. The van der Waals surface area contributed by atoms with Crippen LogP contribution >= 0.6 is 0 Å². The van der Waals surface area contributed by atoms with Crippen LogP contribution in [0.25, 0.3) is 0 Å². The standard InChI is InChI=1S/C11H18N4O2/c1-3-15(9-5-4-6-12-7-9)11(16)10-13-8(2)17-14-10/h9,12H,3-7H2,1-2H3. The predicted molar refractivity (Wildman–Crippen MR) is 61.6 cm³/mol. The summed E-state index contributed by atoms with van der Waals surface area (Å²) in [6, 6.07) is 0.236. The number of carbonyl (C=O) groups is 1. The van der Waals surface area contributed by atoms with Crippen molar-refractivity contribution < 1.29 is 9.32 Å². The molecule has 0 spiro atoms. The molecule has 1 N–H and O–H groups in total. The normalized spacial score (nSPS) is 20.2. The van der Waals surface area contributed by atoms with Gasteiger partial charge in [0, 0.05) is 26.1 Å². The van der Waals surface area contributed by atoms with Crippen molar-refractivity contribution in [1.29, 1.82) is 0 Å². The second-order valence-corrected chi connectivity index (χ2v) is 4.23. The topological polar surface area (TPSA) is 71.3 Å². The lowest BCUT2D eigenvalue weighted by atomic mass is 10.1. The van der Waals surface area contributed by atoms with Crippen molar-refractivity contribution in [3.05, 3.63) is 11.7 Å². The van der Waals surface area contributed by atoms with Gasteiger partial charge in [0.05, 0.1) is 0 Å². The van der Waals surface area contributed by atoms with Crippen molar-refractivity contribution >= 4 is 5.91 Å². The van der Waals surface area contributed by atoms with Crippen LogP contribution in [0.15, 0.2) is 4.52 Å². The van der Waals surface area contributed by atoms with Crippen LogP contribution < -0.4 is 5.32 Å². The van der Waals surface area contributed by atoms with Crippen LogP contribution in [0.3, 0.4) is 0 Å². The summed E-state index contributed by atoms with van der Waals surface area (Å²) in [4.78, 5) is 18.0. The third-order valence-electron chi connectivity index (χ3n) is 3.03. The van der Waals surface area contributed by atoms with E-state index in [2.05, 4.69) is 15.5 Å². The summed E-state index contributed by atoms with van der Waals surface area (Å²) in [5.74, 6) is 0.444. The molecule has 1 atom stereocenters. The fourth-order valence-electron chi connectivity index (χ4n) is 2.18. The highest BCUT2D eigenvalue weighted by atomic mass is 16.5. The minimum Gasteiger partial charge on any atom is -0.339 e. The van der Waals surface area contributed by atoms with Gasteiger partial charge in [-0.15, -0.1) is 0 Å². The second-order valence-electron chi connectivity index (χ2n) is 4.23. The zero-order chi connectivity index (χ0) is 12.3. The molecule has 1 aromatic heterocycles. The zero-order valence-corrected chi connectivity index (χ0v) is 10.3. The van der Waals surface area contributed by atoms with E-state index >= 15 is 0 Å². The summed E-state index contributed by atoms with van der Waals surface area (Å²) < 4.78 is 4.84. The molecule has 1 saturated heterocycles. The van der Waals surface area contributed by atoms with Crippen molar-refractivity contribution in [2.24, 2.45) is 0 Å². The summed E-state index contributed by atoms with van der Waals surface area (Å²) in [6.45, 7) is 6.19. The first-order valence-electron chi connectivity index (χ1n) is 6.04. The Kier molecular flexibility index (Phi) is 3.73. The first kappa shape index (κ1) is 12.0. The molecule has 0 aliphatic carbocycles. The van der Waals surface area contributed by atoms with Crippen molar-refractivity contribution in [2.45, 2.75) is 32.7 Å². The Labute approximate surface area is 100 Å². The maximum absolute atomic E-state index is 12.2. The molecule has 1 aliphatic heterocycles. The van der Waals surface area contributed by atoms with Gasteiger partial charge in [0.15, 0.2) is 0 Å². The van der Waals surface area contributed by atoms with Crippen molar-refractivity contribution in [2.75, 3.05) is 19.6 Å². The molecule has 1 aromatic rings. The maximum atomic E-state index is 12.2. The van der Waals surface area contributed by atoms with Gasteiger partial charge in [-0.1, -0.05) is 5.16 Å². The van der Waals surface area contributed by atoms with Gasteiger partial charge in [-0.05, 0) is 26.3 Å². The third-order valence-corrected chi connectivity index (χ3v) is 3.03. The predicted octanol–water partition coefficient (Wildman–Crippen LogP) is 0.592. The van der Waals surface area contributed by atoms with Gasteiger partial charge in [-0.3, -0.25) is 4.79 Å². The van der Waals surface area contributed by atoms with Crippen LogP contribution in [0.5, 0.6) is 0 Å². The largest absolute Gasteiger partial charge is 0.339 e. The van der Waals surface area contributed by atoms with E-state index in [9.17, 15) is 4.79 Å². The number of rotatable bonds is 3. The summed E-state index contributed by atoms with van der Waals surface area (Å²) >= 11 is 0. The monoisotopic (exact) mass is 238 g/mol.